The van der Waals surface area contributed by atoms with Crippen LogP contribution in [0.15, 0.2) is 66.0 Å². The number of benzene rings is 2. The molecule has 13 heteroatoms. The molecule has 0 atom stereocenters. The maximum absolute atomic E-state index is 13.3. The summed E-state index contributed by atoms with van der Waals surface area (Å²) in [5.41, 5.74) is -3.02. The van der Waals surface area contributed by atoms with Gasteiger partial charge in [-0.25, -0.2) is 4.79 Å². The Morgan fingerprint density at radius 1 is 0.872 bits per heavy atom. The number of thiophene rings is 1. The number of rotatable bonds is 10. The number of hydrogen-bond acceptors (Lipinski definition) is 4. The monoisotopic (exact) mass is 573 g/mol. The van der Waals surface area contributed by atoms with Crippen molar-refractivity contribution >= 4 is 29.0 Å². The fraction of sp³-hybridized carbons (Fsp3) is 0.308. The van der Waals surface area contributed by atoms with Crippen molar-refractivity contribution in [2.45, 2.75) is 25.4 Å². The number of hydrogen-bond donors (Lipinski definition) is 1. The molecule has 6 nitrogen and oxygen atoms in total. The van der Waals surface area contributed by atoms with Gasteiger partial charge in [-0.15, -0.1) is 11.3 Å². The molecular formula is C26H25F6N3O3S. The topological polar surface area (TPSA) is 61.9 Å². The number of carbonyl (C=O) groups excluding carboxylic acids is 2. The van der Waals surface area contributed by atoms with Gasteiger partial charge in [-0.1, -0.05) is 36.4 Å². The van der Waals surface area contributed by atoms with Crippen molar-refractivity contribution in [2.24, 2.45) is 0 Å². The molecule has 0 bridgehead atoms. The van der Waals surface area contributed by atoms with E-state index in [4.69, 9.17) is 4.74 Å². The number of urea groups is 1. The van der Waals surface area contributed by atoms with Crippen molar-refractivity contribution in [2.75, 3.05) is 32.1 Å². The van der Waals surface area contributed by atoms with Crippen LogP contribution in [0.1, 0.15) is 21.6 Å². The third kappa shape index (κ3) is 8.99. The molecule has 0 unspecified atom stereocenters. The summed E-state index contributed by atoms with van der Waals surface area (Å²) in [5, 5.41) is 3.93. The normalized spacial score (nSPS) is 11.8. The molecule has 0 aliphatic rings. The zero-order valence-corrected chi connectivity index (χ0v) is 21.5. The van der Waals surface area contributed by atoms with Crippen LogP contribution in [0, 0.1) is 0 Å². The van der Waals surface area contributed by atoms with E-state index in [1.807, 2.05) is 47.8 Å². The molecule has 39 heavy (non-hydrogen) atoms. The Kier molecular flexibility index (Phi) is 9.97. The van der Waals surface area contributed by atoms with Gasteiger partial charge in [-0.05, 0) is 35.2 Å². The first-order chi connectivity index (χ1) is 18.4. The van der Waals surface area contributed by atoms with Gasteiger partial charge in [0.15, 0.2) is 0 Å². The molecule has 1 heterocycles. The van der Waals surface area contributed by atoms with Gasteiger partial charge in [-0.3, -0.25) is 4.79 Å². The number of nitrogens with zero attached hydrogens (tertiary/aromatic N) is 2. The number of anilines is 1. The van der Waals surface area contributed by atoms with E-state index in [0.717, 1.165) is 15.3 Å². The molecular weight excluding hydrogens is 548 g/mol. The van der Waals surface area contributed by atoms with Crippen LogP contribution >= 0.6 is 11.3 Å². The van der Waals surface area contributed by atoms with E-state index >= 15 is 0 Å². The SMILES string of the molecule is COCCN(CC(=O)N(Cc1ccccc1)Cc1cccs1)C(=O)Nc1cc(C(F)(F)F)cc(C(F)(F)F)c1. The van der Waals surface area contributed by atoms with Crippen LogP contribution in [0.2, 0.25) is 0 Å². The summed E-state index contributed by atoms with van der Waals surface area (Å²) < 4.78 is 84.4. The maximum atomic E-state index is 13.3. The average molecular weight is 574 g/mol. The lowest BCUT2D eigenvalue weighted by Gasteiger charge is -2.28. The van der Waals surface area contributed by atoms with Crippen molar-refractivity contribution in [3.63, 3.8) is 0 Å². The smallest absolute Gasteiger partial charge is 0.383 e. The van der Waals surface area contributed by atoms with Gasteiger partial charge in [0.25, 0.3) is 0 Å². The minimum absolute atomic E-state index is 0.0271. The van der Waals surface area contributed by atoms with Crippen LogP contribution in [-0.2, 0) is 35.0 Å². The number of alkyl halides is 6. The molecule has 3 rings (SSSR count). The van der Waals surface area contributed by atoms with E-state index in [1.165, 1.54) is 23.3 Å². The molecule has 2 aromatic carbocycles. The van der Waals surface area contributed by atoms with Gasteiger partial charge < -0.3 is 19.9 Å². The molecule has 3 aromatic rings. The first-order valence-corrected chi connectivity index (χ1v) is 12.4. The van der Waals surface area contributed by atoms with Crippen LogP contribution in [0.3, 0.4) is 0 Å². The summed E-state index contributed by atoms with van der Waals surface area (Å²) in [4.78, 5) is 29.7. The van der Waals surface area contributed by atoms with Gasteiger partial charge in [-0.2, -0.15) is 26.3 Å². The van der Waals surface area contributed by atoms with Gasteiger partial charge in [0.2, 0.25) is 5.91 Å². The highest BCUT2D eigenvalue weighted by Gasteiger charge is 2.37. The van der Waals surface area contributed by atoms with Crippen molar-refractivity contribution in [1.82, 2.24) is 9.80 Å². The van der Waals surface area contributed by atoms with Gasteiger partial charge >= 0.3 is 18.4 Å². The predicted octanol–water partition coefficient (Wildman–Crippen LogP) is 6.50. The van der Waals surface area contributed by atoms with E-state index in [9.17, 15) is 35.9 Å². The van der Waals surface area contributed by atoms with Crippen LogP contribution in [0.25, 0.3) is 0 Å². The lowest BCUT2D eigenvalue weighted by molar-refractivity contribution is -0.143. The fourth-order valence-corrected chi connectivity index (χ4v) is 4.29. The van der Waals surface area contributed by atoms with Crippen molar-refractivity contribution < 1.29 is 40.7 Å². The number of amides is 3. The summed E-state index contributed by atoms with van der Waals surface area (Å²) in [6.45, 7) is -0.190. The van der Waals surface area contributed by atoms with Crippen LogP contribution in [-0.4, -0.2) is 48.5 Å². The second-order valence-corrected chi connectivity index (χ2v) is 9.49. The van der Waals surface area contributed by atoms with Crippen molar-refractivity contribution in [3.05, 3.63) is 87.6 Å². The highest BCUT2D eigenvalue weighted by Crippen LogP contribution is 2.37. The number of carbonyl (C=O) groups is 2. The molecule has 0 aliphatic heterocycles. The minimum atomic E-state index is -5.08. The van der Waals surface area contributed by atoms with E-state index in [2.05, 4.69) is 5.32 Å². The summed E-state index contributed by atoms with van der Waals surface area (Å²) in [6, 6.07) is 12.5. The minimum Gasteiger partial charge on any atom is -0.383 e. The Bertz CT molecular complexity index is 1200. The molecule has 1 aromatic heterocycles. The number of nitrogens with one attached hydrogen (secondary N) is 1. The summed E-state index contributed by atoms with van der Waals surface area (Å²) in [6.07, 6.45) is -10.2. The Balaban J connectivity index is 1.83. The zero-order valence-electron chi connectivity index (χ0n) is 20.7. The molecule has 0 saturated carbocycles. The van der Waals surface area contributed by atoms with Gasteiger partial charge in [0.1, 0.15) is 6.54 Å². The van der Waals surface area contributed by atoms with Crippen LogP contribution in [0.5, 0.6) is 0 Å². The molecule has 0 radical (unpaired) electrons. The summed E-state index contributed by atoms with van der Waals surface area (Å²) in [5.74, 6) is -0.474. The Morgan fingerprint density at radius 3 is 2.05 bits per heavy atom. The third-order valence-electron chi connectivity index (χ3n) is 5.51. The van der Waals surface area contributed by atoms with E-state index < -0.39 is 47.6 Å². The molecule has 3 amide bonds. The van der Waals surface area contributed by atoms with E-state index in [-0.39, 0.29) is 32.3 Å². The van der Waals surface area contributed by atoms with Crippen LogP contribution in [0.4, 0.5) is 36.8 Å². The zero-order chi connectivity index (χ0) is 28.6. The van der Waals surface area contributed by atoms with Gasteiger partial charge in [0, 0.05) is 30.8 Å². The Hall–Kier alpha value is -3.58. The number of halogens is 6. The van der Waals surface area contributed by atoms with Crippen molar-refractivity contribution in [3.8, 4) is 0 Å². The molecule has 0 fully saturated rings. The first kappa shape index (κ1) is 30.0. The van der Waals surface area contributed by atoms with Crippen molar-refractivity contribution in [1.29, 1.82) is 0 Å². The fourth-order valence-electron chi connectivity index (χ4n) is 3.57. The second kappa shape index (κ2) is 13.0. The molecule has 0 spiro atoms. The first-order valence-electron chi connectivity index (χ1n) is 11.5. The average Bonchev–Trinajstić information content (AvgIpc) is 3.38. The highest BCUT2D eigenvalue weighted by atomic mass is 32.1. The number of ether oxygens (including phenoxy) is 1. The quantitative estimate of drug-likeness (QED) is 0.282. The number of methoxy groups -OCH3 is 1. The van der Waals surface area contributed by atoms with Gasteiger partial charge in [0.05, 0.1) is 24.3 Å². The largest absolute Gasteiger partial charge is 0.416 e. The maximum Gasteiger partial charge on any atom is 0.416 e. The predicted molar refractivity (Wildman–Crippen MR) is 134 cm³/mol. The molecule has 210 valence electrons. The van der Waals surface area contributed by atoms with E-state index in [1.54, 1.807) is 0 Å². The second-order valence-electron chi connectivity index (χ2n) is 8.45. The molecule has 1 N–H and O–H groups in total. The standard InChI is InChI=1S/C26H25F6N3O3S/c1-38-10-9-34(24(37)33-21-13-19(25(27,28)29)12-20(14-21)26(30,31)32)17-23(36)35(16-22-8-5-11-39-22)15-18-6-3-2-4-7-18/h2-8,11-14H,9-10,15-17H2,1H3,(H,33,37). The third-order valence-corrected chi connectivity index (χ3v) is 6.37. The Morgan fingerprint density at radius 2 is 1.51 bits per heavy atom. The molecule has 0 aliphatic carbocycles. The summed E-state index contributed by atoms with van der Waals surface area (Å²) >= 11 is 1.44. The van der Waals surface area contributed by atoms with Crippen LogP contribution < -0.4 is 5.32 Å². The lowest BCUT2D eigenvalue weighted by atomic mass is 10.1. The summed E-state index contributed by atoms with van der Waals surface area (Å²) in [7, 11) is 1.35. The highest BCUT2D eigenvalue weighted by molar-refractivity contribution is 7.09. The molecule has 0 saturated heterocycles. The van der Waals surface area contributed by atoms with E-state index in [0.29, 0.717) is 12.1 Å². The lowest BCUT2D eigenvalue weighted by Crippen LogP contribution is -2.45. The Labute approximate surface area is 224 Å².